The molecule has 1 amide bonds. The highest BCUT2D eigenvalue weighted by Gasteiger charge is 2.34. The highest BCUT2D eigenvalue weighted by molar-refractivity contribution is 7.09. The van der Waals surface area contributed by atoms with Gasteiger partial charge in [0.05, 0.1) is 17.2 Å². The van der Waals surface area contributed by atoms with E-state index in [1.54, 1.807) is 11.3 Å². The van der Waals surface area contributed by atoms with Gasteiger partial charge in [0, 0.05) is 30.5 Å². The van der Waals surface area contributed by atoms with Crippen LogP contribution in [0.3, 0.4) is 0 Å². The largest absolute Gasteiger partial charge is 0.391 e. The van der Waals surface area contributed by atoms with Gasteiger partial charge in [-0.1, -0.05) is 30.3 Å². The number of aromatic nitrogens is 1. The fraction of sp³-hybridized carbons (Fsp3) is 0.412. The molecule has 0 spiro atoms. The summed E-state index contributed by atoms with van der Waals surface area (Å²) in [6.07, 6.45) is 1.30. The van der Waals surface area contributed by atoms with Crippen molar-refractivity contribution in [2.45, 2.75) is 38.3 Å². The molecular formula is C17H20N2O2S. The fourth-order valence-electron chi connectivity index (χ4n) is 2.96. The lowest BCUT2D eigenvalue weighted by atomic mass is 10.0. The zero-order chi connectivity index (χ0) is 15.5. The Morgan fingerprint density at radius 3 is 2.86 bits per heavy atom. The van der Waals surface area contributed by atoms with Crippen molar-refractivity contribution >= 4 is 17.2 Å². The molecule has 2 atom stereocenters. The van der Waals surface area contributed by atoms with E-state index in [4.69, 9.17) is 0 Å². The second kappa shape index (κ2) is 6.58. The third-order valence-corrected chi connectivity index (χ3v) is 5.03. The molecule has 116 valence electrons. The summed E-state index contributed by atoms with van der Waals surface area (Å²) >= 11 is 1.60. The van der Waals surface area contributed by atoms with E-state index < -0.39 is 6.10 Å². The van der Waals surface area contributed by atoms with Gasteiger partial charge in [-0.2, -0.15) is 0 Å². The number of aryl methyl sites for hydroxylation is 2. The number of β-amino-alcohol motifs (C(OH)–C–C–N with tert-alkyl or cyclic N) is 1. The number of amides is 1. The van der Waals surface area contributed by atoms with Crippen LogP contribution < -0.4 is 0 Å². The molecule has 0 aliphatic carbocycles. The van der Waals surface area contributed by atoms with Crippen LogP contribution in [0, 0.1) is 6.92 Å². The lowest BCUT2D eigenvalue weighted by Gasteiger charge is -2.24. The Labute approximate surface area is 134 Å². The lowest BCUT2D eigenvalue weighted by molar-refractivity contribution is -0.132. The average Bonchev–Trinajstić information content (AvgIpc) is 3.11. The van der Waals surface area contributed by atoms with E-state index in [-0.39, 0.29) is 11.9 Å². The van der Waals surface area contributed by atoms with Crippen molar-refractivity contribution in [3.8, 4) is 0 Å². The van der Waals surface area contributed by atoms with Gasteiger partial charge in [-0.25, -0.2) is 4.98 Å². The number of aliphatic hydroxyl groups excluding tert-OH is 1. The number of aliphatic hydroxyl groups is 1. The second-order valence-electron chi connectivity index (χ2n) is 5.74. The standard InChI is InChI=1S/C17H20N2O2S/c1-12-11-22-16(18-12)7-8-17(21)19-10-14(20)9-15(19)13-5-3-2-4-6-13/h2-6,11,14-15,20H,7-10H2,1H3. The van der Waals surface area contributed by atoms with Crippen molar-refractivity contribution in [3.63, 3.8) is 0 Å². The van der Waals surface area contributed by atoms with E-state index in [0.717, 1.165) is 16.3 Å². The average molecular weight is 316 g/mol. The molecule has 0 radical (unpaired) electrons. The monoisotopic (exact) mass is 316 g/mol. The molecule has 1 fully saturated rings. The van der Waals surface area contributed by atoms with Crippen molar-refractivity contribution in [2.75, 3.05) is 6.54 Å². The van der Waals surface area contributed by atoms with Crippen molar-refractivity contribution in [2.24, 2.45) is 0 Å². The first-order valence-electron chi connectivity index (χ1n) is 7.57. The van der Waals surface area contributed by atoms with E-state index in [9.17, 15) is 9.90 Å². The van der Waals surface area contributed by atoms with E-state index >= 15 is 0 Å². The molecule has 1 saturated heterocycles. The highest BCUT2D eigenvalue weighted by Crippen LogP contribution is 2.32. The number of thiazole rings is 1. The minimum absolute atomic E-state index is 0.0123. The minimum Gasteiger partial charge on any atom is -0.391 e. The zero-order valence-electron chi connectivity index (χ0n) is 12.6. The maximum atomic E-state index is 12.5. The number of benzene rings is 1. The molecule has 1 aromatic carbocycles. The summed E-state index contributed by atoms with van der Waals surface area (Å²) in [4.78, 5) is 18.8. The Bertz CT molecular complexity index is 641. The molecule has 5 heteroatoms. The quantitative estimate of drug-likeness (QED) is 0.943. The Hall–Kier alpha value is -1.72. The van der Waals surface area contributed by atoms with Crippen LogP contribution in [0.1, 0.15) is 35.1 Å². The Morgan fingerprint density at radius 2 is 2.18 bits per heavy atom. The van der Waals surface area contributed by atoms with Gasteiger partial charge in [-0.15, -0.1) is 11.3 Å². The third kappa shape index (κ3) is 3.36. The van der Waals surface area contributed by atoms with Gasteiger partial charge in [0.2, 0.25) is 5.91 Å². The first-order chi connectivity index (χ1) is 10.6. The summed E-state index contributed by atoms with van der Waals surface area (Å²) in [5.74, 6) is 0.0956. The number of hydrogen-bond acceptors (Lipinski definition) is 4. The Kier molecular flexibility index (Phi) is 4.55. The predicted molar refractivity (Wildman–Crippen MR) is 86.7 cm³/mol. The van der Waals surface area contributed by atoms with Crippen molar-refractivity contribution in [3.05, 3.63) is 52.0 Å². The molecule has 0 bridgehead atoms. The van der Waals surface area contributed by atoms with Crippen LogP contribution in [0.15, 0.2) is 35.7 Å². The maximum absolute atomic E-state index is 12.5. The van der Waals surface area contributed by atoms with Crippen LogP contribution in [0.2, 0.25) is 0 Å². The number of likely N-dealkylation sites (tertiary alicyclic amines) is 1. The van der Waals surface area contributed by atoms with Crippen LogP contribution in [0.4, 0.5) is 0 Å². The van der Waals surface area contributed by atoms with Gasteiger partial charge in [-0.05, 0) is 18.9 Å². The van der Waals surface area contributed by atoms with E-state index in [1.165, 1.54) is 0 Å². The van der Waals surface area contributed by atoms with Crippen LogP contribution in [-0.4, -0.2) is 33.5 Å². The Morgan fingerprint density at radius 1 is 1.41 bits per heavy atom. The molecule has 1 aromatic heterocycles. The molecule has 2 unspecified atom stereocenters. The molecule has 22 heavy (non-hydrogen) atoms. The summed E-state index contributed by atoms with van der Waals surface area (Å²) in [5.41, 5.74) is 2.10. The molecule has 3 rings (SSSR count). The predicted octanol–water partition coefficient (Wildman–Crippen LogP) is 2.72. The van der Waals surface area contributed by atoms with Gasteiger partial charge in [0.1, 0.15) is 0 Å². The smallest absolute Gasteiger partial charge is 0.223 e. The second-order valence-corrected chi connectivity index (χ2v) is 6.69. The maximum Gasteiger partial charge on any atom is 0.223 e. The van der Waals surface area contributed by atoms with Crippen molar-refractivity contribution in [1.82, 2.24) is 9.88 Å². The normalized spacial score (nSPS) is 21.3. The molecule has 1 N–H and O–H groups in total. The third-order valence-electron chi connectivity index (χ3n) is 4.00. The van der Waals surface area contributed by atoms with Crippen LogP contribution >= 0.6 is 11.3 Å². The number of carbonyl (C=O) groups is 1. The van der Waals surface area contributed by atoms with E-state index in [2.05, 4.69) is 4.98 Å². The first kappa shape index (κ1) is 15.2. The van der Waals surface area contributed by atoms with Gasteiger partial charge in [0.25, 0.3) is 0 Å². The number of carbonyl (C=O) groups excluding carboxylic acids is 1. The molecule has 0 saturated carbocycles. The topological polar surface area (TPSA) is 53.4 Å². The summed E-state index contributed by atoms with van der Waals surface area (Å²) < 4.78 is 0. The summed E-state index contributed by atoms with van der Waals surface area (Å²) in [5, 5.41) is 13.0. The zero-order valence-corrected chi connectivity index (χ0v) is 13.4. The van der Waals surface area contributed by atoms with Gasteiger partial charge < -0.3 is 10.0 Å². The Balaban J connectivity index is 1.67. The number of nitrogens with zero attached hydrogens (tertiary/aromatic N) is 2. The molecular weight excluding hydrogens is 296 g/mol. The summed E-state index contributed by atoms with van der Waals surface area (Å²) in [7, 11) is 0. The SMILES string of the molecule is Cc1csc(CCC(=O)N2CC(O)CC2c2ccccc2)n1. The van der Waals surface area contributed by atoms with Gasteiger partial charge in [0.15, 0.2) is 0 Å². The number of rotatable bonds is 4. The van der Waals surface area contributed by atoms with Gasteiger partial charge in [-0.3, -0.25) is 4.79 Å². The molecule has 2 aromatic rings. The van der Waals surface area contributed by atoms with Crippen molar-refractivity contribution in [1.29, 1.82) is 0 Å². The first-order valence-corrected chi connectivity index (χ1v) is 8.45. The molecule has 4 nitrogen and oxygen atoms in total. The summed E-state index contributed by atoms with van der Waals surface area (Å²) in [6, 6.07) is 9.94. The summed E-state index contributed by atoms with van der Waals surface area (Å²) in [6.45, 7) is 2.39. The molecule has 2 heterocycles. The van der Waals surface area contributed by atoms with Gasteiger partial charge >= 0.3 is 0 Å². The molecule has 1 aliphatic heterocycles. The van der Waals surface area contributed by atoms with E-state index in [1.807, 2.05) is 47.5 Å². The van der Waals surface area contributed by atoms with Crippen LogP contribution in [-0.2, 0) is 11.2 Å². The van der Waals surface area contributed by atoms with E-state index in [0.29, 0.717) is 25.8 Å². The molecule has 1 aliphatic rings. The lowest BCUT2D eigenvalue weighted by Crippen LogP contribution is -2.31. The van der Waals surface area contributed by atoms with Crippen LogP contribution in [0.5, 0.6) is 0 Å². The highest BCUT2D eigenvalue weighted by atomic mass is 32.1. The number of hydrogen-bond donors (Lipinski definition) is 1. The fourth-order valence-corrected chi connectivity index (χ4v) is 3.73. The van der Waals surface area contributed by atoms with Crippen LogP contribution in [0.25, 0.3) is 0 Å². The minimum atomic E-state index is -0.434. The van der Waals surface area contributed by atoms with Crippen molar-refractivity contribution < 1.29 is 9.90 Å².